The van der Waals surface area contributed by atoms with Crippen molar-refractivity contribution in [2.24, 2.45) is 5.92 Å². The van der Waals surface area contributed by atoms with E-state index in [9.17, 15) is 18.3 Å². The maximum atomic E-state index is 13.7. The summed E-state index contributed by atoms with van der Waals surface area (Å²) in [4.78, 5) is 17.4. The lowest BCUT2D eigenvalue weighted by atomic mass is 9.91. The fourth-order valence-corrected chi connectivity index (χ4v) is 6.55. The monoisotopic (exact) mass is 567 g/mol. The summed E-state index contributed by atoms with van der Waals surface area (Å²) in [6.45, 7) is 1.88. The number of anilines is 2. The van der Waals surface area contributed by atoms with Crippen molar-refractivity contribution in [3.63, 3.8) is 0 Å². The number of carbonyl (C=O) groups excluding carboxylic acids is 1. The lowest BCUT2D eigenvalue weighted by Gasteiger charge is -2.34. The van der Waals surface area contributed by atoms with E-state index in [1.54, 1.807) is 49.4 Å². The van der Waals surface area contributed by atoms with Crippen LogP contribution in [0.25, 0.3) is 0 Å². The van der Waals surface area contributed by atoms with Crippen molar-refractivity contribution < 1.29 is 18.3 Å². The van der Waals surface area contributed by atoms with Gasteiger partial charge in [0.1, 0.15) is 11.6 Å². The zero-order valence-corrected chi connectivity index (χ0v) is 22.4. The molecule has 0 saturated carbocycles. The summed E-state index contributed by atoms with van der Waals surface area (Å²) in [5.41, 5.74) is 0.818. The third kappa shape index (κ3) is 5.79. The maximum absolute atomic E-state index is 13.7. The van der Waals surface area contributed by atoms with E-state index in [1.807, 2.05) is 0 Å². The van der Waals surface area contributed by atoms with Gasteiger partial charge < -0.3 is 10.4 Å². The van der Waals surface area contributed by atoms with Gasteiger partial charge in [-0.15, -0.1) is 0 Å². The van der Waals surface area contributed by atoms with Gasteiger partial charge in [-0.05, 0) is 74.1 Å². The summed E-state index contributed by atoms with van der Waals surface area (Å²) in [6, 6.07) is 14.1. The molecule has 2 atom stereocenters. The van der Waals surface area contributed by atoms with Gasteiger partial charge >= 0.3 is 0 Å². The Bertz CT molecular complexity index is 1380. The number of rotatable bonds is 7. The van der Waals surface area contributed by atoms with Gasteiger partial charge in [0.2, 0.25) is 0 Å². The van der Waals surface area contributed by atoms with Crippen molar-refractivity contribution in [3.05, 3.63) is 80.8 Å². The van der Waals surface area contributed by atoms with Crippen LogP contribution in [0.4, 0.5) is 11.6 Å². The number of sulfonamides is 1. The van der Waals surface area contributed by atoms with Crippen LogP contribution in [0.3, 0.4) is 0 Å². The molecule has 7 nitrogen and oxygen atoms in total. The lowest BCUT2D eigenvalue weighted by Crippen LogP contribution is -2.41. The van der Waals surface area contributed by atoms with Crippen molar-refractivity contribution in [1.82, 2.24) is 4.98 Å². The number of nitrogens with one attached hydrogen (secondary N) is 1. The highest BCUT2D eigenvalue weighted by molar-refractivity contribution is 7.92. The van der Waals surface area contributed by atoms with E-state index < -0.39 is 22.0 Å². The summed E-state index contributed by atoms with van der Waals surface area (Å²) in [5, 5.41) is 13.1. The van der Waals surface area contributed by atoms with Gasteiger partial charge in [0.15, 0.2) is 0 Å². The SMILES string of the molecule is CC(O)CCC1Cc2ccc(NC(=O)c3c(Cl)cccc3Cl)nc2N(S(=O)(=O)c2cccc(Cl)c2)C1. The van der Waals surface area contributed by atoms with Crippen molar-refractivity contribution in [1.29, 1.82) is 0 Å². The van der Waals surface area contributed by atoms with E-state index in [-0.39, 0.29) is 44.6 Å². The van der Waals surface area contributed by atoms with E-state index >= 15 is 0 Å². The molecule has 2 heterocycles. The molecule has 0 aliphatic carbocycles. The van der Waals surface area contributed by atoms with Crippen LogP contribution in [0.2, 0.25) is 15.1 Å². The number of aliphatic hydroxyl groups is 1. The molecule has 1 aliphatic heterocycles. The number of amides is 1. The van der Waals surface area contributed by atoms with Crippen LogP contribution in [0.5, 0.6) is 0 Å². The first-order valence-electron chi connectivity index (χ1n) is 11.3. The Balaban J connectivity index is 1.71. The Morgan fingerprint density at radius 2 is 1.83 bits per heavy atom. The van der Waals surface area contributed by atoms with E-state index in [2.05, 4.69) is 10.3 Å². The van der Waals surface area contributed by atoms with Crippen molar-refractivity contribution >= 4 is 62.4 Å². The minimum atomic E-state index is -4.01. The average molecular weight is 569 g/mol. The number of hydrogen-bond acceptors (Lipinski definition) is 5. The number of fused-ring (bicyclic) bond motifs is 1. The van der Waals surface area contributed by atoms with Crippen LogP contribution in [-0.4, -0.2) is 37.1 Å². The highest BCUT2D eigenvalue weighted by atomic mass is 35.5. The Morgan fingerprint density at radius 3 is 2.50 bits per heavy atom. The van der Waals surface area contributed by atoms with E-state index in [0.29, 0.717) is 24.3 Å². The maximum Gasteiger partial charge on any atom is 0.265 e. The molecule has 11 heteroatoms. The minimum absolute atomic E-state index is 0.0229. The first-order chi connectivity index (χ1) is 17.1. The Hall–Kier alpha value is -2.36. The van der Waals surface area contributed by atoms with Gasteiger partial charge in [0, 0.05) is 11.6 Å². The summed E-state index contributed by atoms with van der Waals surface area (Å²) < 4.78 is 28.6. The van der Waals surface area contributed by atoms with Gasteiger partial charge in [-0.25, -0.2) is 17.7 Å². The zero-order chi connectivity index (χ0) is 26.0. The predicted molar refractivity (Wildman–Crippen MR) is 143 cm³/mol. The molecule has 3 aromatic rings. The molecule has 0 bridgehead atoms. The molecule has 4 rings (SSSR count). The van der Waals surface area contributed by atoms with E-state index in [4.69, 9.17) is 34.8 Å². The third-order valence-electron chi connectivity index (χ3n) is 5.93. The van der Waals surface area contributed by atoms with Gasteiger partial charge in [-0.1, -0.05) is 53.0 Å². The first kappa shape index (κ1) is 26.7. The topological polar surface area (TPSA) is 99.6 Å². The molecule has 2 aromatic carbocycles. The molecule has 1 amide bonds. The van der Waals surface area contributed by atoms with E-state index in [1.165, 1.54) is 16.4 Å². The second-order valence-electron chi connectivity index (χ2n) is 8.72. The number of pyridine rings is 1. The van der Waals surface area contributed by atoms with Crippen LogP contribution < -0.4 is 9.62 Å². The van der Waals surface area contributed by atoms with Crippen molar-refractivity contribution in [2.45, 2.75) is 37.2 Å². The van der Waals surface area contributed by atoms with Crippen LogP contribution in [0.15, 0.2) is 59.5 Å². The molecule has 2 unspecified atom stereocenters. The van der Waals surface area contributed by atoms with Gasteiger partial charge in [-0.2, -0.15) is 0 Å². The number of hydrogen-bond donors (Lipinski definition) is 2. The first-order valence-corrected chi connectivity index (χ1v) is 13.9. The molecule has 2 N–H and O–H groups in total. The van der Waals surface area contributed by atoms with Crippen LogP contribution >= 0.6 is 34.8 Å². The minimum Gasteiger partial charge on any atom is -0.393 e. The second kappa shape index (κ2) is 10.9. The molecule has 0 spiro atoms. The number of halogens is 3. The highest BCUT2D eigenvalue weighted by Gasteiger charge is 2.35. The molecular formula is C25H24Cl3N3O4S. The van der Waals surface area contributed by atoms with Crippen LogP contribution in [0.1, 0.15) is 35.7 Å². The smallest absolute Gasteiger partial charge is 0.265 e. The summed E-state index contributed by atoms with van der Waals surface area (Å²) in [7, 11) is -4.01. The standard InChI is InChI=1S/C25H24Cl3N3O4S/c1-15(32)8-9-16-12-17-10-11-22(30-25(33)23-20(27)6-3-7-21(23)28)29-24(17)31(14-16)36(34,35)19-5-2-4-18(26)13-19/h2-7,10-11,13,15-16,32H,8-9,12,14H2,1H3,(H,29,30,33). The Kier molecular flexibility index (Phi) is 8.12. The number of aliphatic hydroxyl groups excluding tert-OH is 1. The normalized spacial score (nSPS) is 16.4. The van der Waals surface area contributed by atoms with Gasteiger partial charge in [0.25, 0.3) is 15.9 Å². The van der Waals surface area contributed by atoms with Crippen LogP contribution in [0, 0.1) is 5.92 Å². The Morgan fingerprint density at radius 1 is 1.14 bits per heavy atom. The molecule has 1 aromatic heterocycles. The molecule has 0 saturated heterocycles. The summed E-state index contributed by atoms with van der Waals surface area (Å²) in [5.74, 6) is -0.201. The molecule has 1 aliphatic rings. The van der Waals surface area contributed by atoms with Crippen molar-refractivity contribution in [3.8, 4) is 0 Å². The number of benzene rings is 2. The number of carbonyl (C=O) groups is 1. The molecule has 0 radical (unpaired) electrons. The second-order valence-corrected chi connectivity index (χ2v) is 11.8. The quantitative estimate of drug-likeness (QED) is 0.374. The molecular weight excluding hydrogens is 545 g/mol. The number of nitrogens with zero attached hydrogens (tertiary/aromatic N) is 2. The van der Waals surface area contributed by atoms with Crippen LogP contribution in [-0.2, 0) is 16.4 Å². The van der Waals surface area contributed by atoms with Gasteiger partial charge in [-0.3, -0.25) is 4.79 Å². The highest BCUT2D eigenvalue weighted by Crippen LogP contribution is 2.36. The fraction of sp³-hybridized carbons (Fsp3) is 0.280. The molecule has 36 heavy (non-hydrogen) atoms. The summed E-state index contributed by atoms with van der Waals surface area (Å²) in [6.07, 6.45) is 1.28. The van der Waals surface area contributed by atoms with Crippen molar-refractivity contribution in [2.75, 3.05) is 16.2 Å². The third-order valence-corrected chi connectivity index (χ3v) is 8.55. The summed E-state index contributed by atoms with van der Waals surface area (Å²) >= 11 is 18.4. The molecule has 190 valence electrons. The lowest BCUT2D eigenvalue weighted by molar-refractivity contribution is 0.102. The Labute approximate surface area is 225 Å². The fourth-order valence-electron chi connectivity index (χ4n) is 4.15. The zero-order valence-electron chi connectivity index (χ0n) is 19.3. The predicted octanol–water partition coefficient (Wildman–Crippen LogP) is 5.82. The van der Waals surface area contributed by atoms with Gasteiger partial charge in [0.05, 0.1) is 26.6 Å². The largest absolute Gasteiger partial charge is 0.393 e. The average Bonchev–Trinajstić information content (AvgIpc) is 2.82. The van der Waals surface area contributed by atoms with E-state index in [0.717, 1.165) is 5.56 Å². The number of aromatic nitrogens is 1. The molecule has 0 fully saturated rings.